The van der Waals surface area contributed by atoms with Gasteiger partial charge in [0.1, 0.15) is 29.8 Å². The second kappa shape index (κ2) is 9.73. The Kier molecular flexibility index (Phi) is 6.24. The van der Waals surface area contributed by atoms with E-state index in [1.54, 1.807) is 36.0 Å². The van der Waals surface area contributed by atoms with E-state index in [1.165, 1.54) is 29.1 Å². The number of thiophene rings is 1. The van der Waals surface area contributed by atoms with E-state index in [0.29, 0.717) is 54.3 Å². The van der Waals surface area contributed by atoms with Crippen molar-refractivity contribution in [2.24, 2.45) is 0 Å². The van der Waals surface area contributed by atoms with E-state index in [9.17, 15) is 13.6 Å². The molecule has 1 aliphatic heterocycles. The van der Waals surface area contributed by atoms with Crippen LogP contribution in [0.4, 0.5) is 14.6 Å². The smallest absolute Gasteiger partial charge is 0.239 e. The molecule has 1 atom stereocenters. The van der Waals surface area contributed by atoms with Gasteiger partial charge in [-0.1, -0.05) is 12.1 Å². The van der Waals surface area contributed by atoms with E-state index in [0.717, 1.165) is 15.6 Å². The van der Waals surface area contributed by atoms with Gasteiger partial charge >= 0.3 is 0 Å². The van der Waals surface area contributed by atoms with Crippen LogP contribution in [0, 0.1) is 18.6 Å². The van der Waals surface area contributed by atoms with Crippen molar-refractivity contribution in [3.63, 3.8) is 0 Å². The second-order valence-electron chi connectivity index (χ2n) is 9.52. The first kappa shape index (κ1) is 24.4. The third-order valence-corrected chi connectivity index (χ3v) is 7.96. The number of aryl methyl sites for hydroxylation is 1. The fourth-order valence-electron chi connectivity index (χ4n) is 4.75. The topological polar surface area (TPSA) is 79.2 Å². The summed E-state index contributed by atoms with van der Waals surface area (Å²) in [6, 6.07) is 10.1. The molecule has 3 aromatic heterocycles. The third-order valence-electron chi connectivity index (χ3n) is 7.02. The highest BCUT2D eigenvalue weighted by Crippen LogP contribution is 2.27. The highest BCUT2D eigenvalue weighted by Gasteiger charge is 2.31. The maximum Gasteiger partial charge on any atom is 0.239 e. The number of halogens is 2. The number of amides is 1. The zero-order valence-corrected chi connectivity index (χ0v) is 21.7. The summed E-state index contributed by atoms with van der Waals surface area (Å²) < 4.78 is 30.6. The molecule has 1 fully saturated rings. The Morgan fingerprint density at radius 3 is 2.82 bits per heavy atom. The SMILES string of the molecule is Cc1ccc(-n2cc3c(N4CCN(C)[C@H](C(=O)NCc5ccc6scc(F)c6c5)C4)ncnc3n2)cc1F. The molecule has 194 valence electrons. The van der Waals surface area contributed by atoms with Gasteiger partial charge in [-0.25, -0.2) is 23.4 Å². The van der Waals surface area contributed by atoms with E-state index in [1.807, 2.05) is 24.1 Å². The molecule has 0 bridgehead atoms. The van der Waals surface area contributed by atoms with Crippen molar-refractivity contribution in [3.8, 4) is 5.69 Å². The molecule has 1 N–H and O–H groups in total. The fraction of sp³-hybridized carbons (Fsp3) is 0.259. The van der Waals surface area contributed by atoms with Crippen LogP contribution in [0.1, 0.15) is 11.1 Å². The van der Waals surface area contributed by atoms with Gasteiger partial charge in [0.05, 0.1) is 11.1 Å². The molecule has 0 unspecified atom stereocenters. The van der Waals surface area contributed by atoms with Crippen LogP contribution in [0.15, 0.2) is 54.3 Å². The number of hydrogen-bond donors (Lipinski definition) is 1. The Balaban J connectivity index is 1.21. The Bertz CT molecular complexity index is 1670. The molecule has 0 radical (unpaired) electrons. The molecule has 6 rings (SSSR count). The van der Waals surface area contributed by atoms with E-state index >= 15 is 0 Å². The number of nitrogens with one attached hydrogen (secondary N) is 1. The Labute approximate surface area is 221 Å². The molecule has 38 heavy (non-hydrogen) atoms. The van der Waals surface area contributed by atoms with Crippen LogP contribution in [0.25, 0.3) is 26.8 Å². The number of anilines is 1. The zero-order chi connectivity index (χ0) is 26.4. The number of carbonyl (C=O) groups excluding carboxylic acids is 1. The van der Waals surface area contributed by atoms with Crippen LogP contribution in [0.5, 0.6) is 0 Å². The Hall–Kier alpha value is -3.96. The highest BCUT2D eigenvalue weighted by atomic mass is 32.1. The molecule has 8 nitrogen and oxygen atoms in total. The van der Waals surface area contributed by atoms with Crippen LogP contribution in [-0.4, -0.2) is 63.3 Å². The maximum absolute atomic E-state index is 14.2. The lowest BCUT2D eigenvalue weighted by Gasteiger charge is -2.39. The zero-order valence-electron chi connectivity index (χ0n) is 20.9. The van der Waals surface area contributed by atoms with Crippen molar-refractivity contribution in [1.29, 1.82) is 0 Å². The van der Waals surface area contributed by atoms with Crippen LogP contribution in [-0.2, 0) is 11.3 Å². The number of piperazine rings is 1. The van der Waals surface area contributed by atoms with Gasteiger partial charge < -0.3 is 10.2 Å². The van der Waals surface area contributed by atoms with Crippen LogP contribution < -0.4 is 10.2 Å². The lowest BCUT2D eigenvalue weighted by molar-refractivity contribution is -0.126. The first-order valence-electron chi connectivity index (χ1n) is 12.2. The first-order valence-corrected chi connectivity index (χ1v) is 13.1. The maximum atomic E-state index is 14.2. The largest absolute Gasteiger partial charge is 0.353 e. The molecule has 1 amide bonds. The van der Waals surface area contributed by atoms with Gasteiger partial charge in [-0.2, -0.15) is 0 Å². The summed E-state index contributed by atoms with van der Waals surface area (Å²) in [7, 11) is 1.92. The minimum Gasteiger partial charge on any atom is -0.353 e. The lowest BCUT2D eigenvalue weighted by atomic mass is 10.1. The fourth-order valence-corrected chi connectivity index (χ4v) is 5.53. The second-order valence-corrected chi connectivity index (χ2v) is 10.4. The van der Waals surface area contributed by atoms with Crippen molar-refractivity contribution >= 4 is 44.2 Å². The van der Waals surface area contributed by atoms with Crippen molar-refractivity contribution in [2.45, 2.75) is 19.5 Å². The number of aromatic nitrogens is 4. The molecular formula is C27H25F2N7OS. The van der Waals surface area contributed by atoms with Gasteiger partial charge in [0.15, 0.2) is 5.65 Å². The predicted octanol–water partition coefficient (Wildman–Crippen LogP) is 4.05. The molecule has 4 heterocycles. The molecule has 0 aliphatic carbocycles. The molecule has 5 aromatic rings. The van der Waals surface area contributed by atoms with Gasteiger partial charge in [-0.15, -0.1) is 16.4 Å². The lowest BCUT2D eigenvalue weighted by Crippen LogP contribution is -2.57. The van der Waals surface area contributed by atoms with E-state index < -0.39 is 6.04 Å². The van der Waals surface area contributed by atoms with Crippen molar-refractivity contribution < 1.29 is 13.6 Å². The first-order chi connectivity index (χ1) is 18.4. The highest BCUT2D eigenvalue weighted by molar-refractivity contribution is 7.17. The molecular weight excluding hydrogens is 508 g/mol. The van der Waals surface area contributed by atoms with Gasteiger partial charge in [0, 0.05) is 47.8 Å². The van der Waals surface area contributed by atoms with E-state index in [4.69, 9.17) is 0 Å². The van der Waals surface area contributed by atoms with Crippen LogP contribution in [0.2, 0.25) is 0 Å². The van der Waals surface area contributed by atoms with Crippen LogP contribution >= 0.6 is 11.3 Å². The number of hydrogen-bond acceptors (Lipinski definition) is 7. The Morgan fingerprint density at radius 1 is 1.11 bits per heavy atom. The third kappa shape index (κ3) is 4.48. The number of rotatable bonds is 5. The van der Waals surface area contributed by atoms with Crippen molar-refractivity contribution in [1.82, 2.24) is 30.0 Å². The van der Waals surface area contributed by atoms with Gasteiger partial charge in [0.25, 0.3) is 0 Å². The number of benzene rings is 2. The number of fused-ring (bicyclic) bond motifs is 2. The van der Waals surface area contributed by atoms with E-state index in [-0.39, 0.29) is 17.5 Å². The molecule has 11 heteroatoms. The van der Waals surface area contributed by atoms with Gasteiger partial charge in [-0.05, 0) is 49.4 Å². The summed E-state index contributed by atoms with van der Waals surface area (Å²) in [5, 5.41) is 10.3. The monoisotopic (exact) mass is 533 g/mol. The van der Waals surface area contributed by atoms with Crippen molar-refractivity contribution in [3.05, 3.63) is 77.1 Å². The average molecular weight is 534 g/mol. The van der Waals surface area contributed by atoms with Crippen molar-refractivity contribution in [2.75, 3.05) is 31.6 Å². The summed E-state index contributed by atoms with van der Waals surface area (Å²) >= 11 is 1.36. The molecule has 2 aromatic carbocycles. The summed E-state index contributed by atoms with van der Waals surface area (Å²) in [5.41, 5.74) is 2.49. The normalized spacial score (nSPS) is 16.4. The average Bonchev–Trinajstić information content (AvgIpc) is 3.52. The Morgan fingerprint density at radius 2 is 1.97 bits per heavy atom. The molecule has 0 saturated carbocycles. The summed E-state index contributed by atoms with van der Waals surface area (Å²) in [6.07, 6.45) is 3.25. The van der Waals surface area contributed by atoms with E-state index in [2.05, 4.69) is 25.3 Å². The molecule has 1 aliphatic rings. The predicted molar refractivity (Wildman–Crippen MR) is 144 cm³/mol. The van der Waals surface area contributed by atoms with Gasteiger partial charge in [-0.3, -0.25) is 9.69 Å². The quantitative estimate of drug-likeness (QED) is 0.367. The standard InChI is InChI=1S/C27H25F2N7OS/c1-16-3-5-18(10-21(16)28)36-12-20-25(33-36)31-15-32-26(20)35-8-7-34(2)23(13-35)27(37)30-11-17-4-6-24-19(9-17)22(29)14-38-24/h3-6,9-10,12,14-15,23H,7-8,11,13H2,1-2H3,(H,30,37)/t23-/m0/s1. The summed E-state index contributed by atoms with van der Waals surface area (Å²) in [6.45, 7) is 3.78. The summed E-state index contributed by atoms with van der Waals surface area (Å²) in [4.78, 5) is 26.1. The number of carbonyl (C=O) groups is 1. The molecule has 1 saturated heterocycles. The van der Waals surface area contributed by atoms with Crippen LogP contribution in [0.3, 0.4) is 0 Å². The number of nitrogens with zero attached hydrogens (tertiary/aromatic N) is 6. The minimum absolute atomic E-state index is 0.112. The molecule has 0 spiro atoms. The minimum atomic E-state index is -0.406. The van der Waals surface area contributed by atoms with Gasteiger partial charge in [0.2, 0.25) is 5.91 Å². The summed E-state index contributed by atoms with van der Waals surface area (Å²) in [5.74, 6) is 0.0202. The number of likely N-dealkylation sites (N-methyl/N-ethyl adjacent to an activating group) is 1.